The van der Waals surface area contributed by atoms with Crippen LogP contribution in [0, 0.1) is 11.6 Å². The van der Waals surface area contributed by atoms with Crippen LogP contribution in [-0.4, -0.2) is 18.0 Å². The van der Waals surface area contributed by atoms with Crippen molar-refractivity contribution in [2.24, 2.45) is 0 Å². The molecule has 5 rings (SSSR count). The van der Waals surface area contributed by atoms with Crippen LogP contribution >= 0.6 is 11.3 Å². The summed E-state index contributed by atoms with van der Waals surface area (Å²) < 4.78 is 34.0. The van der Waals surface area contributed by atoms with Gasteiger partial charge in [-0.3, -0.25) is 9.69 Å². The van der Waals surface area contributed by atoms with Gasteiger partial charge in [0.25, 0.3) is 5.91 Å². The van der Waals surface area contributed by atoms with Gasteiger partial charge in [-0.2, -0.15) is 0 Å². The third kappa shape index (κ3) is 4.03. The van der Waals surface area contributed by atoms with E-state index in [1.807, 2.05) is 60.7 Å². The van der Waals surface area contributed by atoms with Gasteiger partial charge in [-0.15, -0.1) is 0 Å². The molecule has 0 aliphatic heterocycles. The smallest absolute Gasteiger partial charge is 0.264 e. The normalized spacial score (nSPS) is 11.1. The van der Waals surface area contributed by atoms with E-state index in [9.17, 15) is 13.6 Å². The van der Waals surface area contributed by atoms with Gasteiger partial charge in [0.15, 0.2) is 10.9 Å². The molecule has 0 aliphatic rings. The van der Waals surface area contributed by atoms with Gasteiger partial charge in [-0.25, -0.2) is 13.8 Å². The zero-order valence-corrected chi connectivity index (χ0v) is 18.4. The van der Waals surface area contributed by atoms with Crippen molar-refractivity contribution in [3.05, 3.63) is 102 Å². The van der Waals surface area contributed by atoms with Crippen LogP contribution in [0.1, 0.15) is 15.9 Å². The minimum atomic E-state index is -0.761. The molecule has 0 fully saturated rings. The number of ether oxygens (including phenoxy) is 1. The van der Waals surface area contributed by atoms with Crippen molar-refractivity contribution in [1.82, 2.24) is 4.98 Å². The second-order valence-corrected chi connectivity index (χ2v) is 8.52. The highest BCUT2D eigenvalue weighted by atomic mass is 32.1. The zero-order valence-electron chi connectivity index (χ0n) is 17.6. The summed E-state index contributed by atoms with van der Waals surface area (Å²) in [5.41, 5.74) is 1.27. The highest BCUT2D eigenvalue weighted by Gasteiger charge is 2.26. The molecule has 0 bridgehead atoms. The average Bonchev–Trinajstić information content (AvgIpc) is 3.26. The number of thiazole rings is 1. The number of amides is 1. The lowest BCUT2D eigenvalue weighted by Crippen LogP contribution is -2.30. The summed E-state index contributed by atoms with van der Waals surface area (Å²) in [6, 6.07) is 22.7. The van der Waals surface area contributed by atoms with E-state index in [0.29, 0.717) is 16.0 Å². The number of halogens is 2. The largest absolute Gasteiger partial charge is 0.496 e. The molecule has 0 spiro atoms. The molecular weight excluding hydrogens is 442 g/mol. The van der Waals surface area contributed by atoms with Crippen LogP contribution in [0.5, 0.6) is 5.75 Å². The first-order chi connectivity index (χ1) is 16.0. The van der Waals surface area contributed by atoms with Crippen molar-refractivity contribution in [2.75, 3.05) is 12.0 Å². The van der Waals surface area contributed by atoms with Crippen LogP contribution in [0.15, 0.2) is 78.9 Å². The summed E-state index contributed by atoms with van der Waals surface area (Å²) in [7, 11) is 1.51. The second-order valence-electron chi connectivity index (χ2n) is 7.51. The minimum absolute atomic E-state index is 0.0349. The summed E-state index contributed by atoms with van der Waals surface area (Å²) in [5.74, 6) is -1.37. The van der Waals surface area contributed by atoms with Crippen LogP contribution in [0.25, 0.3) is 21.0 Å². The highest BCUT2D eigenvalue weighted by Crippen LogP contribution is 2.35. The summed E-state index contributed by atoms with van der Waals surface area (Å²) in [6.07, 6.45) is 0. The molecule has 0 saturated carbocycles. The molecule has 0 atom stereocenters. The Labute approximate surface area is 192 Å². The van der Waals surface area contributed by atoms with Crippen LogP contribution in [0.3, 0.4) is 0 Å². The fraction of sp³-hybridized carbons (Fsp3) is 0.0769. The number of anilines is 1. The lowest BCUT2D eigenvalue weighted by Gasteiger charge is -2.21. The topological polar surface area (TPSA) is 42.4 Å². The molecule has 7 heteroatoms. The molecule has 0 unspecified atom stereocenters. The number of fused-ring (bicyclic) bond motifs is 2. The molecule has 0 N–H and O–H groups in total. The molecule has 5 aromatic rings. The van der Waals surface area contributed by atoms with Crippen LogP contribution in [0.4, 0.5) is 13.9 Å². The van der Waals surface area contributed by atoms with Crippen molar-refractivity contribution < 1.29 is 18.3 Å². The fourth-order valence-electron chi connectivity index (χ4n) is 3.75. The maximum absolute atomic E-state index is 14.3. The molecular formula is C26H18F2N2O2S. The molecule has 0 aliphatic carbocycles. The minimum Gasteiger partial charge on any atom is -0.496 e. The van der Waals surface area contributed by atoms with E-state index in [1.54, 1.807) is 6.07 Å². The first-order valence-corrected chi connectivity index (χ1v) is 11.0. The summed E-state index contributed by atoms with van der Waals surface area (Å²) in [5, 5.41) is 2.11. The van der Waals surface area contributed by atoms with Crippen molar-refractivity contribution in [2.45, 2.75) is 6.54 Å². The number of nitrogens with zero attached hydrogens (tertiary/aromatic N) is 2. The maximum Gasteiger partial charge on any atom is 0.264 e. The Bertz CT molecular complexity index is 1480. The van der Waals surface area contributed by atoms with Gasteiger partial charge >= 0.3 is 0 Å². The Morgan fingerprint density at radius 2 is 1.67 bits per heavy atom. The molecule has 0 radical (unpaired) electrons. The number of hydrogen-bond acceptors (Lipinski definition) is 4. The lowest BCUT2D eigenvalue weighted by molar-refractivity contribution is 0.0982. The quantitative estimate of drug-likeness (QED) is 0.297. The summed E-state index contributed by atoms with van der Waals surface area (Å²) in [6.45, 7) is 0.208. The van der Waals surface area contributed by atoms with Crippen molar-refractivity contribution in [3.8, 4) is 5.75 Å². The Balaban J connectivity index is 1.65. The number of methoxy groups -OCH3 is 1. The monoisotopic (exact) mass is 460 g/mol. The molecule has 1 amide bonds. The molecule has 1 aromatic heterocycles. The predicted octanol–water partition coefficient (Wildman–Crippen LogP) is 6.58. The maximum atomic E-state index is 14.3. The lowest BCUT2D eigenvalue weighted by atomic mass is 10.0. The summed E-state index contributed by atoms with van der Waals surface area (Å²) in [4.78, 5) is 19.7. The number of aromatic nitrogens is 1. The van der Waals surface area contributed by atoms with Gasteiger partial charge in [0, 0.05) is 6.07 Å². The van der Waals surface area contributed by atoms with Gasteiger partial charge in [-0.05, 0) is 34.5 Å². The van der Waals surface area contributed by atoms with E-state index in [0.717, 1.165) is 33.7 Å². The molecule has 4 nitrogen and oxygen atoms in total. The van der Waals surface area contributed by atoms with Gasteiger partial charge in [-0.1, -0.05) is 65.9 Å². The van der Waals surface area contributed by atoms with E-state index in [2.05, 4.69) is 4.98 Å². The number of carbonyl (C=O) groups is 1. The van der Waals surface area contributed by atoms with E-state index in [4.69, 9.17) is 4.74 Å². The second kappa shape index (κ2) is 8.60. The Hall–Kier alpha value is -3.84. The van der Waals surface area contributed by atoms with E-state index < -0.39 is 11.6 Å². The summed E-state index contributed by atoms with van der Waals surface area (Å²) >= 11 is 1.07. The predicted molar refractivity (Wildman–Crippen MR) is 127 cm³/mol. The molecule has 1 heterocycles. The van der Waals surface area contributed by atoms with Gasteiger partial charge < -0.3 is 4.74 Å². The van der Waals surface area contributed by atoms with E-state index in [1.165, 1.54) is 18.1 Å². The number of hydrogen-bond donors (Lipinski definition) is 0. The standard InChI is InChI=1S/C26H18F2N2O2S/c1-32-22-12-18-10-6-5-9-17(18)11-20(22)25(31)30(15-16-7-3-2-4-8-16)26-29-24-21(28)13-19(27)14-23(24)33-26/h2-14H,15H2,1H3. The van der Waals surface area contributed by atoms with Gasteiger partial charge in [0.1, 0.15) is 17.1 Å². The third-order valence-corrected chi connectivity index (χ3v) is 6.39. The highest BCUT2D eigenvalue weighted by molar-refractivity contribution is 7.22. The SMILES string of the molecule is COc1cc2ccccc2cc1C(=O)N(Cc1ccccc1)c1nc2c(F)cc(F)cc2s1. The number of carbonyl (C=O) groups excluding carboxylic acids is 1. The van der Waals surface area contributed by atoms with Crippen LogP contribution in [-0.2, 0) is 6.54 Å². The first-order valence-electron chi connectivity index (χ1n) is 10.2. The number of benzene rings is 4. The van der Waals surface area contributed by atoms with Gasteiger partial charge in [0.2, 0.25) is 0 Å². The van der Waals surface area contributed by atoms with Gasteiger partial charge in [0.05, 0.1) is 23.9 Å². The third-order valence-electron chi connectivity index (χ3n) is 5.36. The van der Waals surface area contributed by atoms with Crippen molar-refractivity contribution in [1.29, 1.82) is 0 Å². The Morgan fingerprint density at radius 1 is 0.970 bits per heavy atom. The first kappa shape index (κ1) is 21.0. The van der Waals surface area contributed by atoms with E-state index >= 15 is 0 Å². The number of rotatable bonds is 5. The Kier molecular flexibility index (Phi) is 5.48. The fourth-order valence-corrected chi connectivity index (χ4v) is 4.76. The van der Waals surface area contributed by atoms with Crippen LogP contribution in [0.2, 0.25) is 0 Å². The van der Waals surface area contributed by atoms with Crippen molar-refractivity contribution >= 4 is 43.4 Å². The molecule has 0 saturated heterocycles. The van der Waals surface area contributed by atoms with E-state index in [-0.39, 0.29) is 23.1 Å². The molecule has 33 heavy (non-hydrogen) atoms. The molecule has 164 valence electrons. The Morgan fingerprint density at radius 3 is 2.39 bits per heavy atom. The van der Waals surface area contributed by atoms with Crippen molar-refractivity contribution in [3.63, 3.8) is 0 Å². The average molecular weight is 461 g/mol. The molecule has 4 aromatic carbocycles. The zero-order chi connectivity index (χ0) is 22.9. The van der Waals surface area contributed by atoms with Crippen LogP contribution < -0.4 is 9.64 Å².